The Labute approximate surface area is 86.6 Å². The molecular formula is C11H22N2O. The van der Waals surface area contributed by atoms with Gasteiger partial charge in [0, 0.05) is 18.7 Å². The number of rotatable bonds is 3. The third kappa shape index (κ3) is 1.69. The van der Waals surface area contributed by atoms with Crippen LogP contribution in [0.3, 0.4) is 0 Å². The summed E-state index contributed by atoms with van der Waals surface area (Å²) in [6.07, 6.45) is 4.09. The van der Waals surface area contributed by atoms with E-state index < -0.39 is 0 Å². The van der Waals surface area contributed by atoms with Gasteiger partial charge in [0.15, 0.2) is 0 Å². The molecule has 82 valence electrons. The van der Waals surface area contributed by atoms with Crippen molar-refractivity contribution in [3.63, 3.8) is 0 Å². The summed E-state index contributed by atoms with van der Waals surface area (Å²) in [4.78, 5) is 2.55. The lowest BCUT2D eigenvalue weighted by molar-refractivity contribution is -0.0817. The number of likely N-dealkylation sites (tertiary alicyclic amines) is 1. The Morgan fingerprint density at radius 2 is 2.29 bits per heavy atom. The number of nitrogens with zero attached hydrogens (tertiary/aromatic N) is 1. The van der Waals surface area contributed by atoms with Crippen LogP contribution in [0.25, 0.3) is 0 Å². The van der Waals surface area contributed by atoms with E-state index >= 15 is 0 Å². The first-order valence-electron chi connectivity index (χ1n) is 5.87. The summed E-state index contributed by atoms with van der Waals surface area (Å²) >= 11 is 0. The Kier molecular flexibility index (Phi) is 3.10. The third-order valence-electron chi connectivity index (χ3n) is 3.69. The molecule has 1 aliphatic heterocycles. The van der Waals surface area contributed by atoms with Gasteiger partial charge in [0.25, 0.3) is 0 Å². The lowest BCUT2D eigenvalue weighted by Crippen LogP contribution is -2.65. The van der Waals surface area contributed by atoms with E-state index in [0.29, 0.717) is 24.2 Å². The SMILES string of the molecule is CCOC1CC(N)C1N1CCCC1C. The maximum Gasteiger partial charge on any atom is 0.0760 e. The molecule has 0 aromatic heterocycles. The van der Waals surface area contributed by atoms with E-state index in [1.165, 1.54) is 19.4 Å². The monoisotopic (exact) mass is 198 g/mol. The molecule has 4 atom stereocenters. The fourth-order valence-electron chi connectivity index (χ4n) is 2.87. The van der Waals surface area contributed by atoms with Gasteiger partial charge in [-0.3, -0.25) is 4.90 Å². The molecule has 0 spiro atoms. The van der Waals surface area contributed by atoms with Gasteiger partial charge in [0.05, 0.1) is 12.1 Å². The molecule has 1 saturated carbocycles. The fraction of sp³-hybridized carbons (Fsp3) is 1.00. The highest BCUT2D eigenvalue weighted by molar-refractivity contribution is 5.03. The molecule has 0 amide bonds. The minimum atomic E-state index is 0.340. The summed E-state index contributed by atoms with van der Waals surface area (Å²) in [7, 11) is 0. The third-order valence-corrected chi connectivity index (χ3v) is 3.69. The number of hydrogen-bond acceptors (Lipinski definition) is 3. The number of ether oxygens (including phenoxy) is 1. The molecule has 2 fully saturated rings. The van der Waals surface area contributed by atoms with Gasteiger partial charge in [-0.1, -0.05) is 0 Å². The Morgan fingerprint density at radius 1 is 1.50 bits per heavy atom. The zero-order valence-electron chi connectivity index (χ0n) is 9.28. The highest BCUT2D eigenvalue weighted by atomic mass is 16.5. The van der Waals surface area contributed by atoms with Gasteiger partial charge in [0.1, 0.15) is 0 Å². The van der Waals surface area contributed by atoms with Crippen molar-refractivity contribution in [3.8, 4) is 0 Å². The number of nitrogens with two attached hydrogens (primary N) is 1. The normalized spacial score (nSPS) is 43.9. The molecule has 0 bridgehead atoms. The molecule has 2 aliphatic rings. The lowest BCUT2D eigenvalue weighted by atomic mass is 9.82. The minimum absolute atomic E-state index is 0.340. The standard InChI is InChI=1S/C11H22N2O/c1-3-14-10-7-9(12)11(10)13-6-4-5-8(13)2/h8-11H,3-7,12H2,1-2H3. The molecule has 14 heavy (non-hydrogen) atoms. The van der Waals surface area contributed by atoms with E-state index in [2.05, 4.69) is 18.7 Å². The van der Waals surface area contributed by atoms with Gasteiger partial charge >= 0.3 is 0 Å². The smallest absolute Gasteiger partial charge is 0.0760 e. The van der Waals surface area contributed by atoms with Crippen LogP contribution in [-0.2, 0) is 4.74 Å². The molecule has 0 aromatic carbocycles. The predicted octanol–water partition coefficient (Wildman–Crippen LogP) is 0.975. The molecule has 0 radical (unpaired) electrons. The minimum Gasteiger partial charge on any atom is -0.377 e. The van der Waals surface area contributed by atoms with Gasteiger partial charge < -0.3 is 10.5 Å². The summed E-state index contributed by atoms with van der Waals surface area (Å²) in [5.41, 5.74) is 6.06. The summed E-state index contributed by atoms with van der Waals surface area (Å²) in [6, 6.07) is 1.54. The molecule has 1 saturated heterocycles. The Hall–Kier alpha value is -0.120. The highest BCUT2D eigenvalue weighted by Crippen LogP contribution is 2.32. The van der Waals surface area contributed by atoms with Crippen molar-refractivity contribution in [3.05, 3.63) is 0 Å². The van der Waals surface area contributed by atoms with Crippen LogP contribution in [-0.4, -0.2) is 42.3 Å². The zero-order valence-corrected chi connectivity index (χ0v) is 9.28. The first-order chi connectivity index (χ1) is 6.74. The van der Waals surface area contributed by atoms with Gasteiger partial charge in [-0.15, -0.1) is 0 Å². The number of hydrogen-bond donors (Lipinski definition) is 1. The van der Waals surface area contributed by atoms with Crippen LogP contribution in [0.2, 0.25) is 0 Å². The molecule has 1 heterocycles. The summed E-state index contributed by atoms with van der Waals surface area (Å²) < 4.78 is 5.70. The van der Waals surface area contributed by atoms with E-state index in [-0.39, 0.29) is 0 Å². The van der Waals surface area contributed by atoms with E-state index in [1.807, 2.05) is 0 Å². The van der Waals surface area contributed by atoms with E-state index in [1.54, 1.807) is 0 Å². The van der Waals surface area contributed by atoms with Gasteiger partial charge in [-0.05, 0) is 39.7 Å². The van der Waals surface area contributed by atoms with Crippen LogP contribution in [0.5, 0.6) is 0 Å². The van der Waals surface area contributed by atoms with Crippen LogP contribution >= 0.6 is 0 Å². The first-order valence-corrected chi connectivity index (χ1v) is 5.87. The van der Waals surface area contributed by atoms with Gasteiger partial charge in [-0.2, -0.15) is 0 Å². The van der Waals surface area contributed by atoms with Crippen molar-refractivity contribution in [1.82, 2.24) is 4.90 Å². The van der Waals surface area contributed by atoms with Crippen molar-refractivity contribution in [2.24, 2.45) is 5.73 Å². The van der Waals surface area contributed by atoms with Crippen molar-refractivity contribution in [2.75, 3.05) is 13.2 Å². The molecule has 4 unspecified atom stereocenters. The topological polar surface area (TPSA) is 38.5 Å². The highest BCUT2D eigenvalue weighted by Gasteiger charge is 2.45. The van der Waals surface area contributed by atoms with E-state index in [9.17, 15) is 0 Å². The van der Waals surface area contributed by atoms with Crippen molar-refractivity contribution in [1.29, 1.82) is 0 Å². The van der Waals surface area contributed by atoms with Crippen LogP contribution in [0.15, 0.2) is 0 Å². The van der Waals surface area contributed by atoms with Crippen molar-refractivity contribution < 1.29 is 4.74 Å². The maximum atomic E-state index is 6.06. The average molecular weight is 198 g/mol. The second-order valence-corrected chi connectivity index (χ2v) is 4.61. The van der Waals surface area contributed by atoms with Crippen LogP contribution in [0, 0.1) is 0 Å². The second kappa shape index (κ2) is 4.17. The molecule has 3 nitrogen and oxygen atoms in total. The van der Waals surface area contributed by atoms with E-state index in [4.69, 9.17) is 10.5 Å². The van der Waals surface area contributed by atoms with Gasteiger partial charge in [-0.25, -0.2) is 0 Å². The fourth-order valence-corrected chi connectivity index (χ4v) is 2.87. The van der Waals surface area contributed by atoms with Crippen LogP contribution in [0.1, 0.15) is 33.1 Å². The Bertz CT molecular complexity index is 196. The summed E-state index contributed by atoms with van der Waals surface area (Å²) in [5, 5.41) is 0. The average Bonchev–Trinajstić information content (AvgIpc) is 2.52. The quantitative estimate of drug-likeness (QED) is 0.734. The maximum absolute atomic E-state index is 6.06. The molecule has 2 rings (SSSR count). The largest absolute Gasteiger partial charge is 0.377 e. The molecule has 1 aliphatic carbocycles. The lowest BCUT2D eigenvalue weighted by Gasteiger charge is -2.48. The first kappa shape index (κ1) is 10.4. The molecule has 3 heteroatoms. The molecular weight excluding hydrogens is 176 g/mol. The van der Waals surface area contributed by atoms with Crippen LogP contribution in [0.4, 0.5) is 0 Å². The second-order valence-electron chi connectivity index (χ2n) is 4.61. The Balaban J connectivity index is 1.94. The van der Waals surface area contributed by atoms with Crippen molar-refractivity contribution in [2.45, 2.75) is 57.3 Å². The van der Waals surface area contributed by atoms with E-state index in [0.717, 1.165) is 13.0 Å². The van der Waals surface area contributed by atoms with Crippen LogP contribution < -0.4 is 5.73 Å². The van der Waals surface area contributed by atoms with Gasteiger partial charge in [0.2, 0.25) is 0 Å². The Morgan fingerprint density at radius 3 is 2.79 bits per heavy atom. The summed E-state index contributed by atoms with van der Waals surface area (Å²) in [5.74, 6) is 0. The molecule has 0 aromatic rings. The zero-order chi connectivity index (χ0) is 10.1. The summed E-state index contributed by atoms with van der Waals surface area (Å²) in [6.45, 7) is 6.40. The van der Waals surface area contributed by atoms with Crippen molar-refractivity contribution >= 4 is 0 Å². The predicted molar refractivity (Wildman–Crippen MR) is 57.2 cm³/mol. The molecule has 2 N–H and O–H groups in total.